The Labute approximate surface area is 70.6 Å². The first-order valence-electron chi connectivity index (χ1n) is 4.63. The number of hydrogen-bond acceptors (Lipinski definition) is 1. The van der Waals surface area contributed by atoms with Crippen LogP contribution in [0.3, 0.4) is 0 Å². The third-order valence-corrected chi connectivity index (χ3v) is 1.29. The van der Waals surface area contributed by atoms with E-state index in [2.05, 4.69) is 0 Å². The predicted molar refractivity (Wildman–Crippen MR) is 49.6 cm³/mol. The Bertz CT molecular complexity index is 68.0. The number of hydrogen-bond donors (Lipinski definition) is 0. The summed E-state index contributed by atoms with van der Waals surface area (Å²) >= 11 is 0. The molecule has 0 saturated carbocycles. The van der Waals surface area contributed by atoms with E-state index < -0.39 is 0 Å². The molecule has 0 unspecified atom stereocenters. The van der Waals surface area contributed by atoms with E-state index in [9.17, 15) is 4.79 Å². The Kier molecular flexibility index (Phi) is 14.5. The average Bonchev–Trinajstić information content (AvgIpc) is 2.63. The van der Waals surface area contributed by atoms with Crippen LogP contribution in [0.4, 0.5) is 0 Å². The molecule has 11 heavy (non-hydrogen) atoms. The van der Waals surface area contributed by atoms with E-state index in [4.69, 9.17) is 0 Å². The Hall–Kier alpha value is -0.530. The molecule has 0 atom stereocenters. The summed E-state index contributed by atoms with van der Waals surface area (Å²) in [5.41, 5.74) is 0. The van der Waals surface area contributed by atoms with Gasteiger partial charge in [0, 0.05) is 13.1 Å². The molecule has 1 aliphatic rings. The highest BCUT2D eigenvalue weighted by atomic mass is 16.1. The van der Waals surface area contributed by atoms with Crippen molar-refractivity contribution in [3.8, 4) is 0 Å². The summed E-state index contributed by atoms with van der Waals surface area (Å²) in [6, 6.07) is 0. The molecule has 0 N–H and O–H groups in total. The second-order valence-electron chi connectivity index (χ2n) is 1.85. The number of rotatable bonds is 1. The van der Waals surface area contributed by atoms with Gasteiger partial charge in [0.05, 0.1) is 0 Å². The number of carbonyl (C=O) groups is 1. The van der Waals surface area contributed by atoms with Crippen LogP contribution >= 0.6 is 0 Å². The molecule has 2 heteroatoms. The maximum absolute atomic E-state index is 9.93. The van der Waals surface area contributed by atoms with Crippen LogP contribution in [0.15, 0.2) is 0 Å². The molecule has 0 aromatic rings. The first kappa shape index (κ1) is 13.1. The quantitative estimate of drug-likeness (QED) is 0.537. The Morgan fingerprint density at radius 1 is 1.00 bits per heavy atom. The van der Waals surface area contributed by atoms with Gasteiger partial charge in [0.25, 0.3) is 0 Å². The summed E-state index contributed by atoms with van der Waals surface area (Å²) in [5.74, 6) is 0. The van der Waals surface area contributed by atoms with Crippen molar-refractivity contribution in [3.63, 3.8) is 0 Å². The molecule has 0 aliphatic carbocycles. The van der Waals surface area contributed by atoms with E-state index in [1.54, 1.807) is 4.90 Å². The lowest BCUT2D eigenvalue weighted by molar-refractivity contribution is -0.117. The molecule has 1 aliphatic heterocycles. The van der Waals surface area contributed by atoms with E-state index >= 15 is 0 Å². The fourth-order valence-corrected chi connectivity index (χ4v) is 0.847. The van der Waals surface area contributed by atoms with Crippen molar-refractivity contribution in [2.75, 3.05) is 13.1 Å². The molecule has 1 rings (SSSR count). The zero-order valence-corrected chi connectivity index (χ0v) is 8.26. The smallest absolute Gasteiger partial charge is 0.209 e. The van der Waals surface area contributed by atoms with Gasteiger partial charge in [0.2, 0.25) is 6.41 Å². The lowest BCUT2D eigenvalue weighted by atomic mass is 10.4. The number of likely N-dealkylation sites (tertiary alicyclic amines) is 1. The van der Waals surface area contributed by atoms with Crippen LogP contribution in [0.25, 0.3) is 0 Å². The van der Waals surface area contributed by atoms with E-state index in [1.807, 2.05) is 27.7 Å². The summed E-state index contributed by atoms with van der Waals surface area (Å²) < 4.78 is 0. The van der Waals surface area contributed by atoms with Gasteiger partial charge in [-0.25, -0.2) is 0 Å². The predicted octanol–water partition coefficient (Wildman–Crippen LogP) is 2.29. The van der Waals surface area contributed by atoms with Gasteiger partial charge in [-0.15, -0.1) is 0 Å². The van der Waals surface area contributed by atoms with Crippen LogP contribution in [0, 0.1) is 0 Å². The van der Waals surface area contributed by atoms with Crippen molar-refractivity contribution in [1.82, 2.24) is 4.90 Å². The van der Waals surface area contributed by atoms with Crippen molar-refractivity contribution >= 4 is 6.41 Å². The van der Waals surface area contributed by atoms with Crippen LogP contribution in [0.1, 0.15) is 40.5 Å². The molecule has 0 radical (unpaired) electrons. The molecule has 0 bridgehead atoms. The van der Waals surface area contributed by atoms with Gasteiger partial charge in [0.1, 0.15) is 0 Å². The second kappa shape index (κ2) is 12.2. The van der Waals surface area contributed by atoms with Crippen LogP contribution in [0.5, 0.6) is 0 Å². The maximum atomic E-state index is 9.93. The Balaban J connectivity index is 0. The third kappa shape index (κ3) is 7.37. The molecule has 0 spiro atoms. The van der Waals surface area contributed by atoms with Gasteiger partial charge in [-0.1, -0.05) is 27.7 Å². The topological polar surface area (TPSA) is 20.3 Å². The van der Waals surface area contributed by atoms with Crippen molar-refractivity contribution in [2.24, 2.45) is 0 Å². The summed E-state index contributed by atoms with van der Waals surface area (Å²) in [4.78, 5) is 11.7. The highest BCUT2D eigenvalue weighted by Gasteiger charge is 2.06. The van der Waals surface area contributed by atoms with Crippen molar-refractivity contribution < 1.29 is 4.79 Å². The minimum atomic E-state index is 0.924. The maximum Gasteiger partial charge on any atom is 0.209 e. The number of amides is 1. The first-order chi connectivity index (χ1) is 5.43. The third-order valence-electron chi connectivity index (χ3n) is 1.29. The van der Waals surface area contributed by atoms with Crippen LogP contribution in [-0.2, 0) is 4.79 Å². The van der Waals surface area contributed by atoms with E-state index in [0.717, 1.165) is 19.5 Å². The highest BCUT2D eigenvalue weighted by molar-refractivity contribution is 5.47. The Morgan fingerprint density at radius 2 is 1.36 bits per heavy atom. The van der Waals surface area contributed by atoms with Crippen LogP contribution in [0.2, 0.25) is 0 Å². The molecule has 1 saturated heterocycles. The fraction of sp³-hybridized carbons (Fsp3) is 0.889. The second-order valence-corrected chi connectivity index (χ2v) is 1.85. The lowest BCUT2D eigenvalue weighted by Crippen LogP contribution is -2.15. The van der Waals surface area contributed by atoms with Gasteiger partial charge >= 0.3 is 0 Å². The highest BCUT2D eigenvalue weighted by Crippen LogP contribution is 2.02. The van der Waals surface area contributed by atoms with Crippen molar-refractivity contribution in [3.05, 3.63) is 0 Å². The molecule has 68 valence electrons. The molecular formula is C9H21NO. The fourth-order valence-electron chi connectivity index (χ4n) is 0.847. The van der Waals surface area contributed by atoms with E-state index in [1.165, 1.54) is 12.8 Å². The van der Waals surface area contributed by atoms with Gasteiger partial charge < -0.3 is 4.90 Å². The molecule has 0 aromatic heterocycles. The molecule has 1 heterocycles. The van der Waals surface area contributed by atoms with Crippen molar-refractivity contribution in [1.29, 1.82) is 0 Å². The SMILES string of the molecule is CC.CC.O=CN1CCCC1. The first-order valence-corrected chi connectivity index (χ1v) is 4.63. The van der Waals surface area contributed by atoms with E-state index in [0.29, 0.717) is 0 Å². The average molecular weight is 159 g/mol. The minimum absolute atomic E-state index is 0.924. The summed E-state index contributed by atoms with van der Waals surface area (Å²) in [5, 5.41) is 0. The standard InChI is InChI=1S/C5H9NO.2C2H6/c7-5-6-3-1-2-4-6;2*1-2/h5H,1-4H2;2*1-2H3. The zero-order valence-electron chi connectivity index (χ0n) is 8.26. The molecular weight excluding hydrogens is 138 g/mol. The number of carbonyl (C=O) groups excluding carboxylic acids is 1. The van der Waals surface area contributed by atoms with Gasteiger partial charge in [-0.3, -0.25) is 4.79 Å². The monoisotopic (exact) mass is 159 g/mol. The zero-order chi connectivity index (χ0) is 9.11. The summed E-state index contributed by atoms with van der Waals surface area (Å²) in [6.45, 7) is 9.95. The van der Waals surface area contributed by atoms with Gasteiger partial charge in [-0.05, 0) is 12.8 Å². The summed E-state index contributed by atoms with van der Waals surface area (Å²) in [6.07, 6.45) is 3.31. The minimum Gasteiger partial charge on any atom is -0.345 e. The van der Waals surface area contributed by atoms with Crippen LogP contribution < -0.4 is 0 Å². The molecule has 2 nitrogen and oxygen atoms in total. The van der Waals surface area contributed by atoms with E-state index in [-0.39, 0.29) is 0 Å². The molecule has 1 fully saturated rings. The molecule has 0 aromatic carbocycles. The normalized spacial score (nSPS) is 14.0. The number of nitrogens with zero attached hydrogens (tertiary/aromatic N) is 1. The summed E-state index contributed by atoms with van der Waals surface area (Å²) in [7, 11) is 0. The van der Waals surface area contributed by atoms with Gasteiger partial charge in [0.15, 0.2) is 0 Å². The lowest BCUT2D eigenvalue weighted by Gasteiger charge is -2.03. The van der Waals surface area contributed by atoms with Crippen molar-refractivity contribution in [2.45, 2.75) is 40.5 Å². The Morgan fingerprint density at radius 3 is 1.55 bits per heavy atom. The molecule has 1 amide bonds. The largest absolute Gasteiger partial charge is 0.345 e. The van der Waals surface area contributed by atoms with Gasteiger partial charge in [-0.2, -0.15) is 0 Å². The van der Waals surface area contributed by atoms with Crippen LogP contribution in [-0.4, -0.2) is 24.4 Å².